The molecule has 0 aromatic carbocycles. The van der Waals surface area contributed by atoms with Crippen LogP contribution in [0.5, 0.6) is 0 Å². The van der Waals surface area contributed by atoms with E-state index < -0.39 is 17.8 Å². The number of aromatic nitrogens is 4. The van der Waals surface area contributed by atoms with Crippen LogP contribution in [0.15, 0.2) is 29.3 Å². The Morgan fingerprint density at radius 1 is 1.23 bits per heavy atom. The van der Waals surface area contributed by atoms with E-state index in [0.717, 1.165) is 12.4 Å². The number of carbonyl (C=O) groups is 1. The predicted octanol–water partition coefficient (Wildman–Crippen LogP) is 1.86. The molecule has 9 nitrogen and oxygen atoms in total. The second kappa shape index (κ2) is 8.93. The summed E-state index contributed by atoms with van der Waals surface area (Å²) in [5.41, 5.74) is -0.113. The van der Waals surface area contributed by atoms with Crippen molar-refractivity contribution < 1.29 is 22.7 Å². The zero-order valence-corrected chi connectivity index (χ0v) is 16.0. The number of amides is 1. The van der Waals surface area contributed by atoms with Gasteiger partial charge in [-0.05, 0) is 25.1 Å². The molecule has 0 spiro atoms. The molecule has 3 heterocycles. The van der Waals surface area contributed by atoms with Crippen molar-refractivity contribution in [2.45, 2.75) is 13.1 Å². The molecule has 1 fully saturated rings. The number of halogens is 3. The lowest BCUT2D eigenvalue weighted by Gasteiger charge is -2.34. The van der Waals surface area contributed by atoms with Gasteiger partial charge in [0.15, 0.2) is 0 Å². The third-order valence-electron chi connectivity index (χ3n) is 4.39. The van der Waals surface area contributed by atoms with Gasteiger partial charge in [0.2, 0.25) is 5.95 Å². The van der Waals surface area contributed by atoms with E-state index in [2.05, 4.69) is 20.2 Å². The second-order valence-electron chi connectivity index (χ2n) is 6.53. The highest BCUT2D eigenvalue weighted by Crippen LogP contribution is 2.28. The van der Waals surface area contributed by atoms with Crippen LogP contribution in [0.3, 0.4) is 0 Å². The van der Waals surface area contributed by atoms with Crippen LogP contribution in [-0.2, 0) is 10.9 Å². The average Bonchev–Trinajstić information content (AvgIpc) is 2.73. The van der Waals surface area contributed by atoms with Gasteiger partial charge in [0.1, 0.15) is 6.61 Å². The maximum Gasteiger partial charge on any atom is 0.419 e. The fourth-order valence-corrected chi connectivity index (χ4v) is 2.71. The Labute approximate surface area is 169 Å². The first-order chi connectivity index (χ1) is 14.2. The van der Waals surface area contributed by atoms with Gasteiger partial charge in [0.05, 0.1) is 11.3 Å². The molecule has 0 saturated carbocycles. The van der Waals surface area contributed by atoms with E-state index in [1.54, 1.807) is 30.0 Å². The molecule has 0 radical (unpaired) electrons. The largest absolute Gasteiger partial charge is 0.445 e. The van der Waals surface area contributed by atoms with Crippen LogP contribution in [0.4, 0.5) is 23.9 Å². The summed E-state index contributed by atoms with van der Waals surface area (Å²) in [6, 6.07) is 1.61. The zero-order chi connectivity index (χ0) is 21.7. The number of nitrogens with one attached hydrogen (secondary N) is 1. The van der Waals surface area contributed by atoms with Crippen molar-refractivity contribution in [1.82, 2.24) is 25.1 Å². The fourth-order valence-electron chi connectivity index (χ4n) is 2.71. The van der Waals surface area contributed by atoms with Gasteiger partial charge in [-0.2, -0.15) is 18.3 Å². The maximum absolute atomic E-state index is 12.6. The topological polar surface area (TPSA) is 104 Å². The van der Waals surface area contributed by atoms with Gasteiger partial charge < -0.3 is 14.5 Å². The lowest BCUT2D eigenvalue weighted by molar-refractivity contribution is -0.138. The number of anilines is 1. The molecule has 1 amide bonds. The monoisotopic (exact) mass is 424 g/mol. The molecule has 2 aromatic rings. The van der Waals surface area contributed by atoms with Crippen LogP contribution in [0.25, 0.3) is 6.08 Å². The molecule has 2 aromatic heterocycles. The Hall–Kier alpha value is -3.44. The van der Waals surface area contributed by atoms with Gasteiger partial charge in [0.25, 0.3) is 5.56 Å². The summed E-state index contributed by atoms with van der Waals surface area (Å²) in [5.74, 6) is 0.183. The first-order valence-electron chi connectivity index (χ1n) is 9.03. The molecule has 3 rings (SSSR count). The smallest absolute Gasteiger partial charge is 0.419 e. The van der Waals surface area contributed by atoms with Gasteiger partial charge in [-0.1, -0.05) is 0 Å². The molecule has 160 valence electrons. The van der Waals surface area contributed by atoms with Crippen LogP contribution >= 0.6 is 0 Å². The standard InChI is InChI=1S/C18H19F3N6O3/c1-12-9-14(24-25-15(12)28)3-2-8-30-17(29)27-6-4-26(5-7-27)16-22-10-13(11-23-16)18(19,20)21/h2-3,9-11H,4-8H2,1H3,(H,25,28)/b3-2+. The summed E-state index contributed by atoms with van der Waals surface area (Å²) >= 11 is 0. The Bertz CT molecular complexity index is 966. The van der Waals surface area contributed by atoms with Crippen molar-refractivity contribution in [1.29, 1.82) is 0 Å². The molecule has 12 heteroatoms. The molecular formula is C18H19F3N6O3. The minimum atomic E-state index is -4.48. The highest BCUT2D eigenvalue weighted by molar-refractivity contribution is 5.68. The minimum absolute atomic E-state index is 0.0287. The molecule has 1 saturated heterocycles. The number of H-pyrrole nitrogens is 1. The van der Waals surface area contributed by atoms with Crippen molar-refractivity contribution in [3.8, 4) is 0 Å². The van der Waals surface area contributed by atoms with E-state index in [0.29, 0.717) is 37.4 Å². The van der Waals surface area contributed by atoms with E-state index in [4.69, 9.17) is 4.74 Å². The molecule has 30 heavy (non-hydrogen) atoms. The van der Waals surface area contributed by atoms with Gasteiger partial charge in [-0.3, -0.25) is 4.79 Å². The number of nitrogens with zero attached hydrogens (tertiary/aromatic N) is 5. The van der Waals surface area contributed by atoms with Crippen molar-refractivity contribution >= 4 is 18.1 Å². The Morgan fingerprint density at radius 3 is 2.50 bits per heavy atom. The number of piperazine rings is 1. The van der Waals surface area contributed by atoms with E-state index in [1.165, 1.54) is 4.90 Å². The molecule has 1 N–H and O–H groups in total. The quantitative estimate of drug-likeness (QED) is 0.799. The maximum atomic E-state index is 12.6. The first kappa shape index (κ1) is 21.3. The summed E-state index contributed by atoms with van der Waals surface area (Å²) in [6.07, 6.45) is -0.275. The summed E-state index contributed by atoms with van der Waals surface area (Å²) in [7, 11) is 0. The third kappa shape index (κ3) is 5.33. The molecule has 1 aliphatic rings. The van der Waals surface area contributed by atoms with Gasteiger partial charge in [0, 0.05) is 44.1 Å². The summed E-state index contributed by atoms with van der Waals surface area (Å²) < 4.78 is 42.9. The SMILES string of the molecule is Cc1cc(/C=C/COC(=O)N2CCN(c3ncc(C(F)(F)F)cn3)CC2)n[nH]c1=O. The number of hydrogen-bond acceptors (Lipinski definition) is 7. The second-order valence-corrected chi connectivity index (χ2v) is 6.53. The van der Waals surface area contributed by atoms with Gasteiger partial charge in [-0.25, -0.2) is 19.9 Å². The number of hydrogen-bond donors (Lipinski definition) is 1. The lowest BCUT2D eigenvalue weighted by Crippen LogP contribution is -2.49. The molecular weight excluding hydrogens is 405 g/mol. The van der Waals surface area contributed by atoms with Crippen molar-refractivity contribution in [2.24, 2.45) is 0 Å². The Balaban J connectivity index is 1.45. The highest BCUT2D eigenvalue weighted by Gasteiger charge is 2.32. The first-order valence-corrected chi connectivity index (χ1v) is 9.03. The number of aryl methyl sites for hydroxylation is 1. The number of alkyl halides is 3. The van der Waals surface area contributed by atoms with E-state index >= 15 is 0 Å². The number of carbonyl (C=O) groups excluding carboxylic acids is 1. The number of ether oxygens (including phenoxy) is 1. The molecule has 0 unspecified atom stereocenters. The summed E-state index contributed by atoms with van der Waals surface area (Å²) in [5, 5.41) is 6.20. The normalized spacial score (nSPS) is 14.9. The average molecular weight is 424 g/mol. The van der Waals surface area contributed by atoms with Gasteiger partial charge >= 0.3 is 12.3 Å². The lowest BCUT2D eigenvalue weighted by atomic mass is 10.3. The van der Waals surface area contributed by atoms with Crippen LogP contribution in [0.2, 0.25) is 0 Å². The summed E-state index contributed by atoms with van der Waals surface area (Å²) in [6.45, 7) is 3.09. The minimum Gasteiger partial charge on any atom is -0.445 e. The van der Waals surface area contributed by atoms with Crippen molar-refractivity contribution in [2.75, 3.05) is 37.7 Å². The van der Waals surface area contributed by atoms with Gasteiger partial charge in [-0.15, -0.1) is 0 Å². The predicted molar refractivity (Wildman–Crippen MR) is 101 cm³/mol. The van der Waals surface area contributed by atoms with Crippen LogP contribution in [0, 0.1) is 6.92 Å². The summed E-state index contributed by atoms with van der Waals surface area (Å²) in [4.78, 5) is 34.1. The molecule has 1 aliphatic heterocycles. The van der Waals surface area contributed by atoms with Crippen LogP contribution in [0.1, 0.15) is 16.8 Å². The number of rotatable bonds is 4. The van der Waals surface area contributed by atoms with E-state index in [-0.39, 0.29) is 18.1 Å². The number of aromatic amines is 1. The van der Waals surface area contributed by atoms with Crippen LogP contribution in [-0.4, -0.2) is 63.9 Å². The Kier molecular flexibility index (Phi) is 6.33. The molecule has 0 atom stereocenters. The molecule has 0 aliphatic carbocycles. The Morgan fingerprint density at radius 2 is 1.90 bits per heavy atom. The van der Waals surface area contributed by atoms with Crippen LogP contribution < -0.4 is 10.5 Å². The van der Waals surface area contributed by atoms with E-state index in [9.17, 15) is 22.8 Å². The highest BCUT2D eigenvalue weighted by atomic mass is 19.4. The fraction of sp³-hybridized carbons (Fsp3) is 0.389. The van der Waals surface area contributed by atoms with Crippen molar-refractivity contribution in [3.63, 3.8) is 0 Å². The van der Waals surface area contributed by atoms with Crippen molar-refractivity contribution in [3.05, 3.63) is 51.7 Å². The zero-order valence-electron chi connectivity index (χ0n) is 16.0. The van der Waals surface area contributed by atoms with E-state index in [1.807, 2.05) is 0 Å². The molecule has 0 bridgehead atoms. The third-order valence-corrected chi connectivity index (χ3v) is 4.39.